The molecule has 0 aromatic carbocycles. The Morgan fingerprint density at radius 2 is 2.00 bits per heavy atom. The summed E-state index contributed by atoms with van der Waals surface area (Å²) in [5, 5.41) is 4.42. The molecule has 1 heterocycles. The standard InChI is InChI=1S/C10H16N2S/c1-8-9(2)11-12(10(8)3)6-4-5-7-13/h4-5,13H,6-7H2,1-3H3. The fourth-order valence-electron chi connectivity index (χ4n) is 1.21. The van der Waals surface area contributed by atoms with Gasteiger partial charge in [-0.25, -0.2) is 0 Å². The first-order valence-corrected chi connectivity index (χ1v) is 5.06. The third-order valence-electron chi connectivity index (χ3n) is 2.29. The summed E-state index contributed by atoms with van der Waals surface area (Å²) in [6.07, 6.45) is 4.13. The molecule has 13 heavy (non-hydrogen) atoms. The highest BCUT2D eigenvalue weighted by atomic mass is 32.1. The Hall–Kier alpha value is -0.700. The summed E-state index contributed by atoms with van der Waals surface area (Å²) in [5.74, 6) is 0.790. The molecule has 2 nitrogen and oxygen atoms in total. The van der Waals surface area contributed by atoms with Crippen molar-refractivity contribution in [1.82, 2.24) is 9.78 Å². The Labute approximate surface area is 85.1 Å². The largest absolute Gasteiger partial charge is 0.266 e. The van der Waals surface area contributed by atoms with Crippen molar-refractivity contribution in [2.75, 3.05) is 5.75 Å². The smallest absolute Gasteiger partial charge is 0.0625 e. The minimum absolute atomic E-state index is 0.790. The quantitative estimate of drug-likeness (QED) is 0.580. The normalized spacial score (nSPS) is 11.4. The van der Waals surface area contributed by atoms with Crippen molar-refractivity contribution in [1.29, 1.82) is 0 Å². The summed E-state index contributed by atoms with van der Waals surface area (Å²) in [5.41, 5.74) is 3.66. The van der Waals surface area contributed by atoms with Crippen molar-refractivity contribution < 1.29 is 0 Å². The van der Waals surface area contributed by atoms with Crippen molar-refractivity contribution in [2.45, 2.75) is 27.3 Å². The van der Waals surface area contributed by atoms with E-state index in [1.165, 1.54) is 11.3 Å². The van der Waals surface area contributed by atoms with Crippen LogP contribution >= 0.6 is 12.6 Å². The lowest BCUT2D eigenvalue weighted by molar-refractivity contribution is 0.671. The molecule has 1 aromatic heterocycles. The molecule has 0 saturated heterocycles. The van der Waals surface area contributed by atoms with Gasteiger partial charge in [-0.1, -0.05) is 12.2 Å². The third kappa shape index (κ3) is 2.37. The van der Waals surface area contributed by atoms with Gasteiger partial charge in [0.05, 0.1) is 12.2 Å². The van der Waals surface area contributed by atoms with E-state index in [2.05, 4.69) is 37.7 Å². The van der Waals surface area contributed by atoms with Crippen molar-refractivity contribution in [3.05, 3.63) is 29.1 Å². The van der Waals surface area contributed by atoms with Crippen LogP contribution in [0.25, 0.3) is 0 Å². The van der Waals surface area contributed by atoms with Crippen LogP contribution in [0.2, 0.25) is 0 Å². The van der Waals surface area contributed by atoms with E-state index in [4.69, 9.17) is 0 Å². The van der Waals surface area contributed by atoms with Gasteiger partial charge in [0.1, 0.15) is 0 Å². The van der Waals surface area contributed by atoms with Gasteiger partial charge in [0.25, 0.3) is 0 Å². The Kier molecular flexibility index (Phi) is 3.60. The Bertz CT molecular complexity index is 313. The maximum Gasteiger partial charge on any atom is 0.0625 e. The lowest BCUT2D eigenvalue weighted by Gasteiger charge is -1.99. The predicted octanol–water partition coefficient (Wildman–Crippen LogP) is 2.29. The summed E-state index contributed by atoms with van der Waals surface area (Å²) in [6.45, 7) is 7.10. The van der Waals surface area contributed by atoms with Crippen LogP contribution in [-0.4, -0.2) is 15.5 Å². The topological polar surface area (TPSA) is 17.8 Å². The second-order valence-corrected chi connectivity index (χ2v) is 3.50. The zero-order valence-corrected chi connectivity index (χ0v) is 9.30. The van der Waals surface area contributed by atoms with Crippen LogP contribution in [0.3, 0.4) is 0 Å². The van der Waals surface area contributed by atoms with E-state index in [1.807, 2.05) is 17.7 Å². The molecule has 0 atom stereocenters. The van der Waals surface area contributed by atoms with E-state index in [0.717, 1.165) is 18.0 Å². The van der Waals surface area contributed by atoms with E-state index < -0.39 is 0 Å². The molecule has 1 rings (SSSR count). The van der Waals surface area contributed by atoms with Crippen LogP contribution in [0.5, 0.6) is 0 Å². The maximum absolute atomic E-state index is 4.42. The summed E-state index contributed by atoms with van der Waals surface area (Å²) >= 11 is 4.10. The number of hydrogen-bond acceptors (Lipinski definition) is 2. The number of allylic oxidation sites excluding steroid dienone is 1. The van der Waals surface area contributed by atoms with Gasteiger partial charge >= 0.3 is 0 Å². The highest BCUT2D eigenvalue weighted by Crippen LogP contribution is 2.10. The van der Waals surface area contributed by atoms with Crippen molar-refractivity contribution in [3.63, 3.8) is 0 Å². The maximum atomic E-state index is 4.42. The molecule has 0 N–H and O–H groups in total. The van der Waals surface area contributed by atoms with Crippen LogP contribution in [0, 0.1) is 20.8 Å². The number of rotatable bonds is 3. The monoisotopic (exact) mass is 196 g/mol. The highest BCUT2D eigenvalue weighted by molar-refractivity contribution is 7.80. The minimum Gasteiger partial charge on any atom is -0.266 e. The van der Waals surface area contributed by atoms with Crippen LogP contribution < -0.4 is 0 Å². The van der Waals surface area contributed by atoms with Gasteiger partial charge in [-0.3, -0.25) is 4.68 Å². The minimum atomic E-state index is 0.790. The van der Waals surface area contributed by atoms with Gasteiger partial charge in [0.15, 0.2) is 0 Å². The molecule has 72 valence electrons. The number of aromatic nitrogens is 2. The Morgan fingerprint density at radius 3 is 2.46 bits per heavy atom. The van der Waals surface area contributed by atoms with E-state index >= 15 is 0 Å². The molecule has 1 aromatic rings. The molecule has 0 amide bonds. The first-order chi connectivity index (χ1) is 6.16. The van der Waals surface area contributed by atoms with Crippen LogP contribution in [-0.2, 0) is 6.54 Å². The van der Waals surface area contributed by atoms with Crippen LogP contribution in [0.1, 0.15) is 17.0 Å². The number of nitrogens with zero attached hydrogens (tertiary/aromatic N) is 2. The first-order valence-electron chi connectivity index (χ1n) is 4.43. The lowest BCUT2D eigenvalue weighted by Crippen LogP contribution is -2.00. The molecule has 0 saturated carbocycles. The Morgan fingerprint density at radius 1 is 1.31 bits per heavy atom. The second-order valence-electron chi connectivity index (χ2n) is 3.13. The molecule has 0 bridgehead atoms. The number of hydrogen-bond donors (Lipinski definition) is 1. The molecule has 3 heteroatoms. The average Bonchev–Trinajstić information content (AvgIpc) is 2.34. The Balaban J connectivity index is 2.78. The molecule has 0 aliphatic rings. The summed E-state index contributed by atoms with van der Waals surface area (Å²) in [4.78, 5) is 0. The molecule has 0 radical (unpaired) electrons. The van der Waals surface area contributed by atoms with Crippen molar-refractivity contribution >= 4 is 12.6 Å². The van der Waals surface area contributed by atoms with E-state index in [9.17, 15) is 0 Å². The van der Waals surface area contributed by atoms with Gasteiger partial charge in [-0.2, -0.15) is 17.7 Å². The van der Waals surface area contributed by atoms with E-state index in [0.29, 0.717) is 0 Å². The van der Waals surface area contributed by atoms with Gasteiger partial charge in [0.2, 0.25) is 0 Å². The molecule has 0 aliphatic carbocycles. The summed E-state index contributed by atoms with van der Waals surface area (Å²) in [7, 11) is 0. The van der Waals surface area contributed by atoms with Gasteiger partial charge in [-0.15, -0.1) is 0 Å². The highest BCUT2D eigenvalue weighted by Gasteiger charge is 2.04. The van der Waals surface area contributed by atoms with E-state index in [1.54, 1.807) is 0 Å². The van der Waals surface area contributed by atoms with Gasteiger partial charge in [0, 0.05) is 11.4 Å². The number of thiol groups is 1. The van der Waals surface area contributed by atoms with Crippen LogP contribution in [0.15, 0.2) is 12.2 Å². The van der Waals surface area contributed by atoms with Gasteiger partial charge < -0.3 is 0 Å². The zero-order chi connectivity index (χ0) is 9.84. The molecular formula is C10H16N2S. The molecule has 0 spiro atoms. The summed E-state index contributed by atoms with van der Waals surface area (Å²) < 4.78 is 2.02. The third-order valence-corrected chi connectivity index (χ3v) is 2.50. The van der Waals surface area contributed by atoms with Crippen molar-refractivity contribution in [3.8, 4) is 0 Å². The second kappa shape index (κ2) is 4.51. The SMILES string of the molecule is Cc1nn(CC=CCS)c(C)c1C. The average molecular weight is 196 g/mol. The lowest BCUT2D eigenvalue weighted by atomic mass is 10.2. The fraction of sp³-hybridized carbons (Fsp3) is 0.500. The van der Waals surface area contributed by atoms with Gasteiger partial charge in [-0.05, 0) is 26.3 Å². The van der Waals surface area contributed by atoms with Crippen LogP contribution in [0.4, 0.5) is 0 Å². The molecule has 0 unspecified atom stereocenters. The van der Waals surface area contributed by atoms with E-state index in [-0.39, 0.29) is 0 Å². The number of aryl methyl sites for hydroxylation is 1. The molecule has 0 aliphatic heterocycles. The summed E-state index contributed by atoms with van der Waals surface area (Å²) in [6, 6.07) is 0. The molecular weight excluding hydrogens is 180 g/mol. The molecule has 0 fully saturated rings. The first kappa shape index (κ1) is 10.4. The predicted molar refractivity (Wildman–Crippen MR) is 59.4 cm³/mol. The zero-order valence-electron chi connectivity index (χ0n) is 8.41. The van der Waals surface area contributed by atoms with Crippen molar-refractivity contribution in [2.24, 2.45) is 0 Å². The fourth-order valence-corrected chi connectivity index (χ4v) is 1.36.